The highest BCUT2D eigenvalue weighted by molar-refractivity contribution is 6.03. The number of fused-ring (bicyclic) bond motifs is 1. The summed E-state index contributed by atoms with van der Waals surface area (Å²) in [6, 6.07) is 13.4. The van der Waals surface area contributed by atoms with E-state index < -0.39 is 6.10 Å². The lowest BCUT2D eigenvalue weighted by Gasteiger charge is -2.25. The maximum atomic E-state index is 12.5. The minimum Gasteiger partial charge on any atom is -0.478 e. The highest BCUT2D eigenvalue weighted by Gasteiger charge is 2.27. The van der Waals surface area contributed by atoms with E-state index in [0.29, 0.717) is 23.5 Å². The number of hydrogen-bond donors (Lipinski definition) is 2. The first-order valence-electron chi connectivity index (χ1n) is 7.99. The van der Waals surface area contributed by atoms with Gasteiger partial charge in [0.2, 0.25) is 0 Å². The first kappa shape index (κ1) is 16.1. The smallest absolute Gasteiger partial charge is 0.265 e. The summed E-state index contributed by atoms with van der Waals surface area (Å²) >= 11 is 0. The monoisotopic (exact) mass is 324 g/mol. The van der Waals surface area contributed by atoms with Gasteiger partial charge in [-0.25, -0.2) is 0 Å². The quantitative estimate of drug-likeness (QED) is 0.908. The molecule has 0 radical (unpaired) electrons. The number of carbonyl (C=O) groups excluding carboxylic acids is 2. The zero-order valence-corrected chi connectivity index (χ0v) is 13.8. The van der Waals surface area contributed by atoms with Crippen LogP contribution in [0.4, 0.5) is 5.69 Å². The molecule has 24 heavy (non-hydrogen) atoms. The summed E-state index contributed by atoms with van der Waals surface area (Å²) < 4.78 is 5.60. The summed E-state index contributed by atoms with van der Waals surface area (Å²) in [5.41, 5.74) is 3.35. The number of aryl methyl sites for hydroxylation is 1. The van der Waals surface area contributed by atoms with Crippen molar-refractivity contribution in [2.75, 3.05) is 11.9 Å². The summed E-state index contributed by atoms with van der Waals surface area (Å²) in [7, 11) is 0. The number of carbonyl (C=O) groups is 2. The molecule has 1 aliphatic heterocycles. The van der Waals surface area contributed by atoms with Crippen molar-refractivity contribution in [2.45, 2.75) is 26.4 Å². The number of para-hydroxylation sites is 1. The second-order valence-corrected chi connectivity index (χ2v) is 5.93. The number of amides is 2. The van der Waals surface area contributed by atoms with Gasteiger partial charge in [-0.3, -0.25) is 9.59 Å². The average molecular weight is 324 g/mol. The fraction of sp³-hybridized carbons (Fsp3) is 0.263. The fourth-order valence-corrected chi connectivity index (χ4v) is 2.69. The number of hydrogen-bond acceptors (Lipinski definition) is 3. The highest BCUT2D eigenvalue weighted by atomic mass is 16.5. The van der Waals surface area contributed by atoms with E-state index in [2.05, 4.69) is 16.7 Å². The van der Waals surface area contributed by atoms with Gasteiger partial charge in [-0.05, 0) is 38.0 Å². The van der Waals surface area contributed by atoms with Crippen LogP contribution in [0.2, 0.25) is 0 Å². The van der Waals surface area contributed by atoms with Crippen LogP contribution in [0.1, 0.15) is 28.4 Å². The summed E-state index contributed by atoms with van der Waals surface area (Å²) in [4.78, 5) is 24.1. The topological polar surface area (TPSA) is 67.4 Å². The van der Waals surface area contributed by atoms with Crippen molar-refractivity contribution in [2.24, 2.45) is 0 Å². The number of benzene rings is 2. The maximum Gasteiger partial charge on any atom is 0.265 e. The minimum absolute atomic E-state index is 0.206. The molecular weight excluding hydrogens is 304 g/mol. The molecule has 0 unspecified atom stereocenters. The van der Waals surface area contributed by atoms with Gasteiger partial charge in [0.1, 0.15) is 0 Å². The highest BCUT2D eigenvalue weighted by Crippen LogP contribution is 2.33. The zero-order valence-electron chi connectivity index (χ0n) is 13.8. The van der Waals surface area contributed by atoms with Gasteiger partial charge in [-0.15, -0.1) is 0 Å². The van der Waals surface area contributed by atoms with Crippen molar-refractivity contribution < 1.29 is 14.3 Å². The Hall–Kier alpha value is -2.82. The van der Waals surface area contributed by atoms with E-state index in [1.807, 2.05) is 25.1 Å². The van der Waals surface area contributed by atoms with Crippen molar-refractivity contribution in [1.82, 2.24) is 5.32 Å². The number of nitrogens with one attached hydrogen (secondary N) is 2. The molecule has 0 bridgehead atoms. The molecule has 2 N–H and O–H groups in total. The van der Waals surface area contributed by atoms with Gasteiger partial charge < -0.3 is 15.4 Å². The molecule has 0 fully saturated rings. The van der Waals surface area contributed by atoms with Crippen LogP contribution >= 0.6 is 0 Å². The third kappa shape index (κ3) is 3.40. The molecule has 5 nitrogen and oxygen atoms in total. The van der Waals surface area contributed by atoms with Crippen LogP contribution in [0.25, 0.3) is 0 Å². The largest absolute Gasteiger partial charge is 0.478 e. The Bertz CT molecular complexity index is 786. The molecule has 1 heterocycles. The molecule has 124 valence electrons. The van der Waals surface area contributed by atoms with E-state index in [0.717, 1.165) is 6.42 Å². The Kier molecular flexibility index (Phi) is 4.51. The number of ether oxygens (including phenoxy) is 1. The molecule has 1 atom stereocenters. The molecule has 0 spiro atoms. The van der Waals surface area contributed by atoms with Crippen molar-refractivity contribution in [3.63, 3.8) is 0 Å². The van der Waals surface area contributed by atoms with Crippen LogP contribution in [0.15, 0.2) is 42.5 Å². The molecule has 5 heteroatoms. The van der Waals surface area contributed by atoms with Crippen molar-refractivity contribution >= 4 is 17.5 Å². The Morgan fingerprint density at radius 2 is 2.04 bits per heavy atom. The SMILES string of the molecule is Cc1cccc(CCNC(=O)c2cccc3c2O[C@@H](C)C(=O)N3)c1. The van der Waals surface area contributed by atoms with Gasteiger partial charge in [-0.2, -0.15) is 0 Å². The minimum atomic E-state index is -0.612. The van der Waals surface area contributed by atoms with E-state index in [4.69, 9.17) is 4.74 Å². The van der Waals surface area contributed by atoms with E-state index in [9.17, 15) is 9.59 Å². The van der Waals surface area contributed by atoms with Crippen LogP contribution in [-0.4, -0.2) is 24.5 Å². The lowest BCUT2D eigenvalue weighted by molar-refractivity contribution is -0.122. The standard InChI is InChI=1S/C19H20N2O3/c1-12-5-3-6-14(11-12)9-10-20-19(23)15-7-4-8-16-17(15)24-13(2)18(22)21-16/h3-8,11,13H,9-10H2,1-2H3,(H,20,23)(H,21,22)/t13-/m0/s1. The third-order valence-electron chi connectivity index (χ3n) is 3.96. The molecule has 3 rings (SSSR count). The predicted molar refractivity (Wildman–Crippen MR) is 92.4 cm³/mol. The van der Waals surface area contributed by atoms with Crippen LogP contribution in [-0.2, 0) is 11.2 Å². The Balaban J connectivity index is 1.68. The Labute approximate surface area is 141 Å². The van der Waals surface area contributed by atoms with Crippen molar-refractivity contribution in [3.05, 3.63) is 59.2 Å². The van der Waals surface area contributed by atoms with E-state index in [-0.39, 0.29) is 11.8 Å². The molecule has 0 saturated heterocycles. The summed E-state index contributed by atoms with van der Waals surface area (Å²) in [6.45, 7) is 4.24. The summed E-state index contributed by atoms with van der Waals surface area (Å²) in [6.07, 6.45) is 0.148. The van der Waals surface area contributed by atoms with Gasteiger partial charge in [-0.1, -0.05) is 35.9 Å². The van der Waals surface area contributed by atoms with Crippen LogP contribution in [0, 0.1) is 6.92 Å². The maximum absolute atomic E-state index is 12.5. The molecule has 2 amide bonds. The van der Waals surface area contributed by atoms with E-state index in [1.54, 1.807) is 25.1 Å². The first-order valence-corrected chi connectivity index (χ1v) is 7.99. The van der Waals surface area contributed by atoms with Gasteiger partial charge in [0.05, 0.1) is 11.3 Å². The molecule has 0 aromatic heterocycles. The Morgan fingerprint density at radius 1 is 1.25 bits per heavy atom. The summed E-state index contributed by atoms with van der Waals surface area (Å²) in [5, 5.41) is 5.66. The van der Waals surface area contributed by atoms with Gasteiger partial charge in [0, 0.05) is 6.54 Å². The predicted octanol–water partition coefficient (Wildman–Crippen LogP) is 2.69. The number of rotatable bonds is 4. The third-order valence-corrected chi connectivity index (χ3v) is 3.96. The van der Waals surface area contributed by atoms with Crippen LogP contribution in [0.3, 0.4) is 0 Å². The lowest BCUT2D eigenvalue weighted by atomic mass is 10.1. The van der Waals surface area contributed by atoms with Crippen molar-refractivity contribution in [1.29, 1.82) is 0 Å². The van der Waals surface area contributed by atoms with Crippen molar-refractivity contribution in [3.8, 4) is 5.75 Å². The zero-order chi connectivity index (χ0) is 17.1. The fourth-order valence-electron chi connectivity index (χ4n) is 2.69. The van der Waals surface area contributed by atoms with E-state index >= 15 is 0 Å². The van der Waals surface area contributed by atoms with Gasteiger partial charge in [0.15, 0.2) is 11.9 Å². The van der Waals surface area contributed by atoms with Gasteiger partial charge in [0.25, 0.3) is 11.8 Å². The second-order valence-electron chi connectivity index (χ2n) is 5.93. The molecule has 0 saturated carbocycles. The molecule has 1 aliphatic rings. The average Bonchev–Trinajstić information content (AvgIpc) is 2.55. The van der Waals surface area contributed by atoms with Gasteiger partial charge >= 0.3 is 0 Å². The molecule has 0 aliphatic carbocycles. The summed E-state index contributed by atoms with van der Waals surface area (Å²) in [5.74, 6) is 0.0139. The van der Waals surface area contributed by atoms with Crippen LogP contribution < -0.4 is 15.4 Å². The normalized spacial score (nSPS) is 15.9. The second kappa shape index (κ2) is 6.74. The molecular formula is C19H20N2O3. The first-order chi connectivity index (χ1) is 11.5. The molecule has 2 aromatic rings. The van der Waals surface area contributed by atoms with E-state index in [1.165, 1.54) is 11.1 Å². The lowest BCUT2D eigenvalue weighted by Crippen LogP contribution is -2.36. The van der Waals surface area contributed by atoms with Crippen LogP contribution in [0.5, 0.6) is 5.75 Å². The Morgan fingerprint density at radius 3 is 2.83 bits per heavy atom. The molecule has 2 aromatic carbocycles. The number of anilines is 1.